The van der Waals surface area contributed by atoms with Crippen LogP contribution in [0.5, 0.6) is 0 Å². The Labute approximate surface area is 126 Å². The second-order valence-corrected chi connectivity index (χ2v) is 5.04. The molecule has 1 aromatic heterocycles. The normalized spacial score (nSPS) is 13.9. The van der Waals surface area contributed by atoms with Crippen molar-refractivity contribution in [3.05, 3.63) is 59.3 Å². The van der Waals surface area contributed by atoms with E-state index in [0.29, 0.717) is 12.4 Å². The summed E-state index contributed by atoms with van der Waals surface area (Å²) in [7, 11) is 1.92. The number of anilines is 1. The smallest absolute Gasteiger partial charge is 0.128 e. The van der Waals surface area contributed by atoms with Gasteiger partial charge in [-0.2, -0.15) is 0 Å². The zero-order valence-corrected chi connectivity index (χ0v) is 12.8. The van der Waals surface area contributed by atoms with E-state index in [4.69, 9.17) is 10.5 Å². The van der Waals surface area contributed by atoms with Gasteiger partial charge in [-0.15, -0.1) is 0 Å². The van der Waals surface area contributed by atoms with E-state index in [-0.39, 0.29) is 12.1 Å². The van der Waals surface area contributed by atoms with Crippen LogP contribution in [-0.4, -0.2) is 18.6 Å². The molecule has 2 unspecified atom stereocenters. The summed E-state index contributed by atoms with van der Waals surface area (Å²) in [6.07, 6.45) is 1.68. The van der Waals surface area contributed by atoms with Crippen molar-refractivity contribution in [3.63, 3.8) is 0 Å². The van der Waals surface area contributed by atoms with Gasteiger partial charge >= 0.3 is 0 Å². The number of likely N-dealkylation sites (N-methyl/N-ethyl adjacent to an activating group) is 1. The molecule has 4 heteroatoms. The van der Waals surface area contributed by atoms with Crippen LogP contribution < -0.4 is 11.1 Å². The van der Waals surface area contributed by atoms with E-state index in [0.717, 1.165) is 16.7 Å². The van der Waals surface area contributed by atoms with Gasteiger partial charge in [-0.05, 0) is 38.1 Å². The Morgan fingerprint density at radius 1 is 1.29 bits per heavy atom. The third kappa shape index (κ3) is 3.60. The summed E-state index contributed by atoms with van der Waals surface area (Å²) < 4.78 is 5.98. The summed E-state index contributed by atoms with van der Waals surface area (Å²) in [5.74, 6) is 0.542. The number of nitrogens with two attached hydrogens (primary N) is 1. The van der Waals surface area contributed by atoms with Crippen LogP contribution in [0.1, 0.15) is 35.8 Å². The van der Waals surface area contributed by atoms with Crippen molar-refractivity contribution >= 4 is 5.82 Å². The third-order valence-electron chi connectivity index (χ3n) is 3.51. The predicted molar refractivity (Wildman–Crippen MR) is 86.0 cm³/mol. The van der Waals surface area contributed by atoms with Crippen LogP contribution in [0.15, 0.2) is 42.6 Å². The van der Waals surface area contributed by atoms with E-state index in [2.05, 4.69) is 28.5 Å². The van der Waals surface area contributed by atoms with Gasteiger partial charge in [0.2, 0.25) is 0 Å². The minimum Gasteiger partial charge on any atom is -0.383 e. The second-order valence-electron chi connectivity index (χ2n) is 5.04. The minimum atomic E-state index is -0.105. The summed E-state index contributed by atoms with van der Waals surface area (Å²) in [6.45, 7) is 4.65. The lowest BCUT2D eigenvalue weighted by molar-refractivity contribution is 0.0348. The number of hydrogen-bond acceptors (Lipinski definition) is 4. The van der Waals surface area contributed by atoms with Crippen molar-refractivity contribution in [3.8, 4) is 0 Å². The molecule has 112 valence electrons. The van der Waals surface area contributed by atoms with E-state index in [1.165, 1.54) is 0 Å². The van der Waals surface area contributed by atoms with Gasteiger partial charge in [0, 0.05) is 18.4 Å². The van der Waals surface area contributed by atoms with E-state index in [1.807, 2.05) is 39.1 Å². The summed E-state index contributed by atoms with van der Waals surface area (Å²) in [5.41, 5.74) is 9.25. The summed E-state index contributed by atoms with van der Waals surface area (Å²) in [4.78, 5) is 4.27. The van der Waals surface area contributed by atoms with Gasteiger partial charge < -0.3 is 15.8 Å². The van der Waals surface area contributed by atoms with Gasteiger partial charge in [-0.25, -0.2) is 4.98 Å². The Bertz CT molecular complexity index is 572. The number of ether oxygens (including phenoxy) is 1. The fourth-order valence-corrected chi connectivity index (χ4v) is 2.53. The number of nitrogen functional groups attached to an aromatic ring is 1. The van der Waals surface area contributed by atoms with Crippen LogP contribution in [-0.2, 0) is 4.74 Å². The van der Waals surface area contributed by atoms with Gasteiger partial charge in [0.05, 0.1) is 6.04 Å². The Morgan fingerprint density at radius 2 is 2.00 bits per heavy atom. The molecule has 0 fully saturated rings. The molecule has 21 heavy (non-hydrogen) atoms. The topological polar surface area (TPSA) is 60.2 Å². The largest absolute Gasteiger partial charge is 0.383 e. The highest BCUT2D eigenvalue weighted by Crippen LogP contribution is 2.34. The number of pyridine rings is 1. The second kappa shape index (κ2) is 7.20. The maximum absolute atomic E-state index is 6.07. The number of hydrogen-bond donors (Lipinski definition) is 2. The van der Waals surface area contributed by atoms with Crippen molar-refractivity contribution in [2.45, 2.75) is 26.0 Å². The molecule has 1 aromatic carbocycles. The van der Waals surface area contributed by atoms with Gasteiger partial charge in [0.25, 0.3) is 0 Å². The first kappa shape index (κ1) is 15.5. The van der Waals surface area contributed by atoms with Gasteiger partial charge in [-0.1, -0.05) is 30.3 Å². The molecule has 0 aliphatic rings. The molecular formula is C17H23N3O. The predicted octanol–water partition coefficient (Wildman–Crippen LogP) is 3.01. The molecule has 2 rings (SSSR count). The van der Waals surface area contributed by atoms with Crippen LogP contribution in [0.25, 0.3) is 0 Å². The first-order valence-electron chi connectivity index (χ1n) is 7.23. The first-order chi connectivity index (χ1) is 10.2. The Balaban J connectivity index is 2.43. The molecule has 0 spiro atoms. The highest BCUT2D eigenvalue weighted by molar-refractivity contribution is 5.44. The summed E-state index contributed by atoms with van der Waals surface area (Å²) in [6, 6.07) is 12.2. The van der Waals surface area contributed by atoms with Crippen LogP contribution in [0.2, 0.25) is 0 Å². The lowest BCUT2D eigenvalue weighted by Crippen LogP contribution is -2.27. The highest BCUT2D eigenvalue weighted by Gasteiger charge is 2.26. The van der Waals surface area contributed by atoms with Crippen LogP contribution in [0.4, 0.5) is 5.82 Å². The maximum Gasteiger partial charge on any atom is 0.128 e. The van der Waals surface area contributed by atoms with Crippen molar-refractivity contribution in [1.82, 2.24) is 10.3 Å². The number of aromatic nitrogens is 1. The van der Waals surface area contributed by atoms with Crippen LogP contribution >= 0.6 is 0 Å². The van der Waals surface area contributed by atoms with Crippen molar-refractivity contribution < 1.29 is 4.74 Å². The van der Waals surface area contributed by atoms with E-state index in [1.54, 1.807) is 6.20 Å². The molecule has 4 nitrogen and oxygen atoms in total. The Morgan fingerprint density at radius 3 is 2.62 bits per heavy atom. The average molecular weight is 285 g/mol. The van der Waals surface area contributed by atoms with Crippen molar-refractivity contribution in [2.75, 3.05) is 19.4 Å². The van der Waals surface area contributed by atoms with Crippen molar-refractivity contribution in [2.24, 2.45) is 0 Å². The van der Waals surface area contributed by atoms with Crippen LogP contribution in [0, 0.1) is 6.92 Å². The maximum atomic E-state index is 6.07. The average Bonchev–Trinajstić information content (AvgIpc) is 2.51. The van der Waals surface area contributed by atoms with E-state index in [9.17, 15) is 0 Å². The first-order valence-corrected chi connectivity index (χ1v) is 7.23. The van der Waals surface area contributed by atoms with E-state index >= 15 is 0 Å². The Kier molecular flexibility index (Phi) is 5.31. The van der Waals surface area contributed by atoms with Crippen LogP contribution in [0.3, 0.4) is 0 Å². The molecule has 3 N–H and O–H groups in total. The number of benzene rings is 1. The third-order valence-corrected chi connectivity index (χ3v) is 3.51. The molecule has 0 radical (unpaired) electrons. The molecule has 0 saturated heterocycles. The monoisotopic (exact) mass is 285 g/mol. The fraction of sp³-hybridized carbons (Fsp3) is 0.353. The van der Waals surface area contributed by atoms with Crippen molar-refractivity contribution in [1.29, 1.82) is 0 Å². The number of nitrogens with zero attached hydrogens (tertiary/aromatic N) is 1. The highest BCUT2D eigenvalue weighted by atomic mass is 16.5. The lowest BCUT2D eigenvalue weighted by Gasteiger charge is -2.28. The van der Waals surface area contributed by atoms with Gasteiger partial charge in [0.1, 0.15) is 11.9 Å². The molecule has 0 saturated carbocycles. The van der Waals surface area contributed by atoms with Gasteiger partial charge in [-0.3, -0.25) is 0 Å². The zero-order valence-electron chi connectivity index (χ0n) is 12.8. The fourth-order valence-electron chi connectivity index (χ4n) is 2.53. The quantitative estimate of drug-likeness (QED) is 0.856. The standard InChI is InChI=1S/C17H23N3O/c1-4-21-16(13-8-6-5-7-9-13)15(19-3)14-10-12(2)11-20-17(14)18/h5-11,15-16,19H,4H2,1-3H3,(H2,18,20). The van der Waals surface area contributed by atoms with Gasteiger partial charge in [0.15, 0.2) is 0 Å². The molecule has 2 aromatic rings. The number of nitrogens with one attached hydrogen (secondary N) is 1. The molecule has 0 aliphatic heterocycles. The molecule has 0 aliphatic carbocycles. The molecular weight excluding hydrogens is 262 g/mol. The molecule has 0 bridgehead atoms. The molecule has 0 amide bonds. The Hall–Kier alpha value is -1.91. The molecule has 2 atom stereocenters. The lowest BCUT2D eigenvalue weighted by atomic mass is 9.95. The zero-order chi connectivity index (χ0) is 15.2. The number of aryl methyl sites for hydroxylation is 1. The number of rotatable bonds is 6. The summed E-state index contributed by atoms with van der Waals surface area (Å²) in [5, 5.41) is 3.32. The SMILES string of the molecule is CCOC(c1ccccc1)C(NC)c1cc(C)cnc1N. The van der Waals surface area contributed by atoms with E-state index < -0.39 is 0 Å². The minimum absolute atomic E-state index is 0.0419. The molecule has 1 heterocycles. The summed E-state index contributed by atoms with van der Waals surface area (Å²) >= 11 is 0.